The molecule has 0 spiro atoms. The fourth-order valence-corrected chi connectivity index (χ4v) is 5.64. The van der Waals surface area contributed by atoms with Gasteiger partial charge < -0.3 is 0 Å². The Hall–Kier alpha value is -5.67. The van der Waals surface area contributed by atoms with Gasteiger partial charge in [0.25, 0.3) is 0 Å². The highest BCUT2D eigenvalue weighted by atomic mass is 14.8. The van der Waals surface area contributed by atoms with Crippen molar-refractivity contribution in [2.24, 2.45) is 0 Å². The molecule has 6 aliphatic heterocycles. The molecular weight excluding hydrogens is 510 g/mol. The topological polar surface area (TPSA) is 38.7 Å². The van der Waals surface area contributed by atoms with E-state index in [0.717, 1.165) is 45.0 Å². The van der Waals surface area contributed by atoms with Crippen molar-refractivity contribution in [3.05, 3.63) is 152 Å². The SMILES string of the molecule is c1cc2nc(c1)-c1cc(ccn1)-c1ccc(cc1)-c1ccc(cc1)-c1ccc(cc1)-c1ccc(cc1)-c1ccnc-2c1. The molecule has 14 bridgehead atoms. The number of aromatic nitrogens is 3. The van der Waals surface area contributed by atoms with E-state index < -0.39 is 0 Å². The van der Waals surface area contributed by atoms with E-state index in [0.29, 0.717) is 0 Å². The fourth-order valence-electron chi connectivity index (χ4n) is 5.64. The summed E-state index contributed by atoms with van der Waals surface area (Å²) in [5, 5.41) is 0. The molecule has 6 aliphatic rings. The van der Waals surface area contributed by atoms with Crippen LogP contribution in [0.1, 0.15) is 0 Å². The van der Waals surface area contributed by atoms with E-state index in [4.69, 9.17) is 4.98 Å². The van der Waals surface area contributed by atoms with Crippen LogP contribution in [0.15, 0.2) is 152 Å². The van der Waals surface area contributed by atoms with Gasteiger partial charge in [-0.25, -0.2) is 4.98 Å². The molecule has 7 aromatic rings. The number of benzene rings is 4. The molecule has 0 aliphatic carbocycles. The number of hydrogen-bond acceptors (Lipinski definition) is 3. The summed E-state index contributed by atoms with van der Waals surface area (Å²) in [5.74, 6) is 0. The third-order valence-corrected chi connectivity index (χ3v) is 8.00. The van der Waals surface area contributed by atoms with E-state index in [1.165, 1.54) is 33.4 Å². The van der Waals surface area contributed by atoms with Crippen LogP contribution in [0, 0.1) is 0 Å². The summed E-state index contributed by atoms with van der Waals surface area (Å²) in [7, 11) is 0. The molecule has 0 radical (unpaired) electrons. The second-order valence-corrected chi connectivity index (χ2v) is 10.6. The molecule has 3 heteroatoms. The van der Waals surface area contributed by atoms with Gasteiger partial charge in [-0.1, -0.05) is 103 Å². The van der Waals surface area contributed by atoms with Crippen molar-refractivity contribution >= 4 is 0 Å². The summed E-state index contributed by atoms with van der Waals surface area (Å²) in [6.07, 6.45) is 3.71. The molecule has 0 saturated carbocycles. The minimum atomic E-state index is 0.819. The van der Waals surface area contributed by atoms with Crippen LogP contribution < -0.4 is 0 Å². The van der Waals surface area contributed by atoms with Gasteiger partial charge in [0.15, 0.2) is 0 Å². The van der Waals surface area contributed by atoms with Crippen LogP contribution >= 0.6 is 0 Å². The van der Waals surface area contributed by atoms with E-state index in [2.05, 4.69) is 119 Å². The lowest BCUT2D eigenvalue weighted by molar-refractivity contribution is 1.22. The van der Waals surface area contributed by atoms with Crippen molar-refractivity contribution < 1.29 is 0 Å². The fraction of sp³-hybridized carbons (Fsp3) is 0. The van der Waals surface area contributed by atoms with Crippen LogP contribution in [0.3, 0.4) is 0 Å². The van der Waals surface area contributed by atoms with Crippen LogP contribution in [0.25, 0.3) is 78.4 Å². The zero-order valence-corrected chi connectivity index (χ0v) is 22.8. The zero-order valence-electron chi connectivity index (χ0n) is 22.8. The first kappa shape index (κ1) is 24.2. The van der Waals surface area contributed by atoms with Crippen molar-refractivity contribution in [2.45, 2.75) is 0 Å². The molecule has 13 rings (SSSR count). The lowest BCUT2D eigenvalue weighted by Crippen LogP contribution is -1.93. The number of fused-ring (bicyclic) bond motifs is 2. The van der Waals surface area contributed by atoms with Crippen LogP contribution in [-0.2, 0) is 0 Å². The lowest BCUT2D eigenvalue weighted by Gasteiger charge is -2.09. The summed E-state index contributed by atoms with van der Waals surface area (Å²) in [5.41, 5.74) is 15.0. The first-order valence-electron chi connectivity index (χ1n) is 14.1. The Kier molecular flexibility index (Phi) is 5.79. The summed E-state index contributed by atoms with van der Waals surface area (Å²) >= 11 is 0. The summed E-state index contributed by atoms with van der Waals surface area (Å²) in [6.45, 7) is 0. The molecule has 4 aromatic carbocycles. The summed E-state index contributed by atoms with van der Waals surface area (Å²) < 4.78 is 0. The van der Waals surface area contributed by atoms with E-state index in [-0.39, 0.29) is 0 Å². The van der Waals surface area contributed by atoms with Crippen LogP contribution in [0.5, 0.6) is 0 Å². The van der Waals surface area contributed by atoms with Crippen LogP contribution in [-0.4, -0.2) is 15.0 Å². The third kappa shape index (κ3) is 4.47. The first-order valence-corrected chi connectivity index (χ1v) is 14.1. The molecule has 0 N–H and O–H groups in total. The molecule has 0 fully saturated rings. The van der Waals surface area contributed by atoms with Gasteiger partial charge in [-0.3, -0.25) is 9.97 Å². The van der Waals surface area contributed by atoms with Gasteiger partial charge in [0.05, 0.1) is 22.8 Å². The molecule has 0 atom stereocenters. The maximum Gasteiger partial charge on any atom is 0.0894 e. The molecule has 0 saturated heterocycles. The highest BCUT2D eigenvalue weighted by Crippen LogP contribution is 2.32. The van der Waals surface area contributed by atoms with Gasteiger partial charge in [0.2, 0.25) is 0 Å². The molecule has 42 heavy (non-hydrogen) atoms. The van der Waals surface area contributed by atoms with Crippen molar-refractivity contribution in [2.75, 3.05) is 0 Å². The first-order chi connectivity index (χ1) is 20.8. The number of nitrogens with zero attached hydrogens (tertiary/aromatic N) is 3. The van der Waals surface area contributed by atoms with Gasteiger partial charge in [0, 0.05) is 12.4 Å². The van der Waals surface area contributed by atoms with E-state index in [9.17, 15) is 0 Å². The monoisotopic (exact) mass is 535 g/mol. The second kappa shape index (κ2) is 10.1. The van der Waals surface area contributed by atoms with Crippen LogP contribution in [0.2, 0.25) is 0 Å². The number of pyridine rings is 3. The standard InChI is InChI=1S/C39H25N3/c1-2-36-38-24-34(20-22-40-38)32-16-12-30(13-17-32)28-8-4-26(5-9-28)27-6-10-29(11-7-27)31-14-18-33(19-15-31)35-21-23-41-39(25-35)37(3-1)42-36/h1-25H. The maximum absolute atomic E-state index is 4.97. The zero-order chi connectivity index (χ0) is 27.9. The van der Waals surface area contributed by atoms with Crippen molar-refractivity contribution in [1.29, 1.82) is 0 Å². The van der Waals surface area contributed by atoms with Crippen molar-refractivity contribution in [1.82, 2.24) is 15.0 Å². The Balaban J connectivity index is 1.27. The van der Waals surface area contributed by atoms with Crippen LogP contribution in [0.4, 0.5) is 0 Å². The van der Waals surface area contributed by atoms with Gasteiger partial charge in [-0.2, -0.15) is 0 Å². The van der Waals surface area contributed by atoms with E-state index in [1.807, 2.05) is 42.7 Å². The molecular formula is C39H25N3. The van der Waals surface area contributed by atoms with Gasteiger partial charge in [-0.05, 0) is 92.0 Å². The molecule has 9 heterocycles. The molecule has 3 nitrogen and oxygen atoms in total. The average molecular weight is 536 g/mol. The Bertz CT molecular complexity index is 1890. The maximum atomic E-state index is 4.97. The quantitative estimate of drug-likeness (QED) is 0.194. The van der Waals surface area contributed by atoms with Crippen molar-refractivity contribution in [3.63, 3.8) is 0 Å². The third-order valence-electron chi connectivity index (χ3n) is 8.00. The Morgan fingerprint density at radius 1 is 0.262 bits per heavy atom. The smallest absolute Gasteiger partial charge is 0.0894 e. The number of rotatable bonds is 0. The van der Waals surface area contributed by atoms with E-state index >= 15 is 0 Å². The minimum Gasteiger partial charge on any atom is -0.255 e. The molecule has 196 valence electrons. The predicted octanol–water partition coefficient (Wildman–Crippen LogP) is 9.85. The number of hydrogen-bond donors (Lipinski definition) is 0. The second-order valence-electron chi connectivity index (χ2n) is 10.6. The molecule has 0 unspecified atom stereocenters. The Morgan fingerprint density at radius 3 is 0.857 bits per heavy atom. The minimum absolute atomic E-state index is 0.819. The van der Waals surface area contributed by atoms with Gasteiger partial charge in [-0.15, -0.1) is 0 Å². The highest BCUT2D eigenvalue weighted by Gasteiger charge is 2.10. The largest absolute Gasteiger partial charge is 0.255 e. The summed E-state index contributed by atoms with van der Waals surface area (Å²) in [4.78, 5) is 14.3. The normalized spacial score (nSPS) is 11.3. The van der Waals surface area contributed by atoms with E-state index in [1.54, 1.807) is 0 Å². The molecule has 0 amide bonds. The lowest BCUT2D eigenvalue weighted by atomic mass is 9.96. The Labute approximate surface area is 244 Å². The summed E-state index contributed by atoms with van der Waals surface area (Å²) in [6, 6.07) is 49.4. The van der Waals surface area contributed by atoms with Gasteiger partial charge >= 0.3 is 0 Å². The predicted molar refractivity (Wildman–Crippen MR) is 171 cm³/mol. The van der Waals surface area contributed by atoms with Gasteiger partial charge in [0.1, 0.15) is 0 Å². The highest BCUT2D eigenvalue weighted by molar-refractivity contribution is 5.77. The molecule has 3 aromatic heterocycles. The Morgan fingerprint density at radius 2 is 0.548 bits per heavy atom. The average Bonchev–Trinajstić information content (AvgIpc) is 3.08. The van der Waals surface area contributed by atoms with Crippen molar-refractivity contribution in [3.8, 4) is 78.4 Å².